The molecule has 2 amide bonds. The van der Waals surface area contributed by atoms with E-state index in [1.165, 1.54) is 16.7 Å². The zero-order valence-electron chi connectivity index (χ0n) is 17.7. The summed E-state index contributed by atoms with van der Waals surface area (Å²) in [6.07, 6.45) is 1.56. The highest BCUT2D eigenvalue weighted by Gasteiger charge is 2.61. The molecule has 0 unspecified atom stereocenters. The van der Waals surface area contributed by atoms with Gasteiger partial charge in [0, 0.05) is 29.2 Å². The Morgan fingerprint density at radius 1 is 1.37 bits per heavy atom. The molecule has 4 rings (SSSR count). The van der Waals surface area contributed by atoms with Gasteiger partial charge in [-0.25, -0.2) is 4.79 Å². The Morgan fingerprint density at radius 2 is 2.03 bits per heavy atom. The SMILES string of the molecule is C=CCN1C(=O)[C@@H]2C[C@H](SC3=C(C(=O)O)N4C(=O)[C@H]([C@@H](C)O)[C@H]4[C@H]3C)CN2C1(C)C. The quantitative estimate of drug-likeness (QED) is 0.476. The van der Waals surface area contributed by atoms with Gasteiger partial charge in [-0.15, -0.1) is 18.3 Å². The molecule has 2 N–H and O–H groups in total. The van der Waals surface area contributed by atoms with Crippen LogP contribution in [-0.4, -0.2) is 84.9 Å². The minimum atomic E-state index is -1.11. The highest BCUT2D eigenvalue weighted by molar-refractivity contribution is 8.03. The lowest BCUT2D eigenvalue weighted by Crippen LogP contribution is -2.63. The summed E-state index contributed by atoms with van der Waals surface area (Å²) in [7, 11) is 0. The van der Waals surface area contributed by atoms with Crippen molar-refractivity contribution in [3.63, 3.8) is 0 Å². The molecule has 0 bridgehead atoms. The van der Waals surface area contributed by atoms with Gasteiger partial charge < -0.3 is 20.0 Å². The number of hydrogen-bond donors (Lipinski definition) is 2. The molecule has 4 heterocycles. The summed E-state index contributed by atoms with van der Waals surface area (Å²) in [4.78, 5) is 43.5. The number of carbonyl (C=O) groups is 3. The van der Waals surface area contributed by atoms with Gasteiger partial charge in [-0.3, -0.25) is 14.5 Å². The molecule has 4 aliphatic heterocycles. The molecule has 0 spiro atoms. The predicted molar refractivity (Wildman–Crippen MR) is 112 cm³/mol. The van der Waals surface area contributed by atoms with Gasteiger partial charge in [0.15, 0.2) is 0 Å². The van der Waals surface area contributed by atoms with Gasteiger partial charge >= 0.3 is 5.97 Å². The number of aliphatic hydroxyl groups is 1. The minimum absolute atomic E-state index is 0.0466. The van der Waals surface area contributed by atoms with E-state index in [4.69, 9.17) is 0 Å². The average molecular weight is 436 g/mol. The third-order valence-electron chi connectivity index (χ3n) is 7.09. The van der Waals surface area contributed by atoms with Gasteiger partial charge in [0.1, 0.15) is 5.70 Å². The lowest BCUT2D eigenvalue weighted by Gasteiger charge is -2.46. The number of carboxylic acids is 1. The fourth-order valence-corrected chi connectivity index (χ4v) is 7.15. The van der Waals surface area contributed by atoms with Gasteiger partial charge in [0.25, 0.3) is 0 Å². The molecule has 3 saturated heterocycles. The molecule has 0 aromatic carbocycles. The number of fused-ring (bicyclic) bond motifs is 2. The number of nitrogens with zero attached hydrogens (tertiary/aromatic N) is 3. The summed E-state index contributed by atoms with van der Waals surface area (Å²) in [6.45, 7) is 12.5. The number of aliphatic carboxylic acids is 1. The van der Waals surface area contributed by atoms with E-state index in [1.807, 2.05) is 25.7 Å². The summed E-state index contributed by atoms with van der Waals surface area (Å²) < 4.78 is 0. The van der Waals surface area contributed by atoms with Crippen molar-refractivity contribution in [2.45, 2.75) is 63.2 Å². The van der Waals surface area contributed by atoms with E-state index in [9.17, 15) is 24.6 Å². The standard InChI is InChI=1S/C21H29N3O5S/c1-6-7-22-18(26)13-8-12(9-23(13)21(22,4)5)30-17-10(2)15-14(11(3)25)19(27)24(15)16(17)20(28)29/h6,10-15,25H,1,7-9H2,2-5H3,(H,28,29)/t10-,11-,12+,13+,14-,15-/m1/s1. The van der Waals surface area contributed by atoms with Gasteiger partial charge in [0.05, 0.1) is 29.8 Å². The molecular formula is C21H29N3O5S. The highest BCUT2D eigenvalue weighted by Crippen LogP contribution is 2.53. The molecule has 164 valence electrons. The third kappa shape index (κ3) is 2.78. The van der Waals surface area contributed by atoms with E-state index in [1.54, 1.807) is 13.0 Å². The van der Waals surface area contributed by atoms with Crippen LogP contribution in [0.4, 0.5) is 0 Å². The van der Waals surface area contributed by atoms with Crippen molar-refractivity contribution in [2.24, 2.45) is 11.8 Å². The zero-order chi connectivity index (χ0) is 22.1. The molecule has 9 heteroatoms. The summed E-state index contributed by atoms with van der Waals surface area (Å²) in [5, 5.41) is 19.9. The minimum Gasteiger partial charge on any atom is -0.477 e. The number of thioether (sulfide) groups is 1. The molecule has 4 aliphatic rings. The van der Waals surface area contributed by atoms with Crippen LogP contribution in [0.5, 0.6) is 0 Å². The van der Waals surface area contributed by atoms with E-state index in [0.717, 1.165) is 0 Å². The first-order valence-corrected chi connectivity index (χ1v) is 11.2. The number of aliphatic hydroxyl groups excluding tert-OH is 1. The smallest absolute Gasteiger partial charge is 0.353 e. The fraction of sp³-hybridized carbons (Fsp3) is 0.667. The number of carboxylic acid groups (broad SMARTS) is 1. The maximum absolute atomic E-state index is 12.9. The second-order valence-electron chi connectivity index (χ2n) is 9.15. The first-order chi connectivity index (χ1) is 14.0. The predicted octanol–water partition coefficient (Wildman–Crippen LogP) is 1.08. The van der Waals surface area contributed by atoms with Crippen molar-refractivity contribution < 1.29 is 24.6 Å². The van der Waals surface area contributed by atoms with Crippen LogP contribution in [0.25, 0.3) is 0 Å². The van der Waals surface area contributed by atoms with Crippen molar-refractivity contribution in [2.75, 3.05) is 13.1 Å². The van der Waals surface area contributed by atoms with Crippen LogP contribution in [0, 0.1) is 11.8 Å². The van der Waals surface area contributed by atoms with Gasteiger partial charge in [0.2, 0.25) is 11.8 Å². The maximum Gasteiger partial charge on any atom is 0.353 e. The lowest BCUT2D eigenvalue weighted by atomic mass is 9.79. The van der Waals surface area contributed by atoms with Crippen molar-refractivity contribution in [1.82, 2.24) is 14.7 Å². The number of carbonyl (C=O) groups excluding carboxylic acids is 2. The highest BCUT2D eigenvalue weighted by atomic mass is 32.2. The van der Waals surface area contributed by atoms with E-state index < -0.39 is 23.7 Å². The Balaban J connectivity index is 1.56. The van der Waals surface area contributed by atoms with Crippen molar-refractivity contribution in [1.29, 1.82) is 0 Å². The third-order valence-corrected chi connectivity index (χ3v) is 8.59. The Kier molecular flexibility index (Phi) is 5.06. The monoisotopic (exact) mass is 435 g/mol. The van der Waals surface area contributed by atoms with E-state index >= 15 is 0 Å². The maximum atomic E-state index is 12.9. The van der Waals surface area contributed by atoms with Crippen molar-refractivity contribution >= 4 is 29.5 Å². The topological polar surface area (TPSA) is 101 Å². The number of hydrogen-bond acceptors (Lipinski definition) is 6. The molecule has 30 heavy (non-hydrogen) atoms. The lowest BCUT2D eigenvalue weighted by molar-refractivity contribution is -0.163. The van der Waals surface area contributed by atoms with Crippen molar-refractivity contribution in [3.8, 4) is 0 Å². The molecular weight excluding hydrogens is 406 g/mol. The van der Waals surface area contributed by atoms with Crippen LogP contribution >= 0.6 is 11.8 Å². The zero-order valence-corrected chi connectivity index (χ0v) is 18.6. The molecule has 3 fully saturated rings. The summed E-state index contributed by atoms with van der Waals surface area (Å²) in [5.41, 5.74) is -0.378. The molecule has 8 nitrogen and oxygen atoms in total. The summed E-state index contributed by atoms with van der Waals surface area (Å²) in [5.74, 6) is -2.07. The molecule has 0 saturated carbocycles. The molecule has 6 atom stereocenters. The van der Waals surface area contributed by atoms with Crippen LogP contribution < -0.4 is 0 Å². The summed E-state index contributed by atoms with van der Waals surface area (Å²) >= 11 is 1.49. The molecule has 0 aliphatic carbocycles. The van der Waals surface area contributed by atoms with E-state index in [2.05, 4.69) is 11.5 Å². The van der Waals surface area contributed by atoms with Crippen LogP contribution in [0.1, 0.15) is 34.1 Å². The fourth-order valence-electron chi connectivity index (χ4n) is 5.63. The number of rotatable bonds is 6. The van der Waals surface area contributed by atoms with E-state index in [-0.39, 0.29) is 40.8 Å². The Morgan fingerprint density at radius 3 is 2.57 bits per heavy atom. The Bertz CT molecular complexity index is 854. The first kappa shape index (κ1) is 21.4. The largest absolute Gasteiger partial charge is 0.477 e. The molecule has 0 radical (unpaired) electrons. The normalized spacial score (nSPS) is 36.1. The van der Waals surface area contributed by atoms with Crippen LogP contribution in [-0.2, 0) is 14.4 Å². The molecule has 0 aromatic heterocycles. The average Bonchev–Trinajstić information content (AvgIpc) is 3.23. The Hall–Kier alpha value is -1.84. The van der Waals surface area contributed by atoms with Crippen LogP contribution in [0.15, 0.2) is 23.3 Å². The van der Waals surface area contributed by atoms with Crippen LogP contribution in [0.2, 0.25) is 0 Å². The second kappa shape index (κ2) is 7.10. The van der Waals surface area contributed by atoms with Crippen molar-refractivity contribution in [3.05, 3.63) is 23.3 Å². The van der Waals surface area contributed by atoms with Gasteiger partial charge in [-0.1, -0.05) is 13.0 Å². The Labute approximate surface area is 180 Å². The number of amides is 2. The van der Waals surface area contributed by atoms with Crippen LogP contribution in [0.3, 0.4) is 0 Å². The number of β-lactam (4-membered cyclic amide) rings is 1. The molecule has 0 aromatic rings. The van der Waals surface area contributed by atoms with Gasteiger partial charge in [-0.05, 0) is 27.2 Å². The second-order valence-corrected chi connectivity index (χ2v) is 10.5. The van der Waals surface area contributed by atoms with E-state index in [0.29, 0.717) is 24.4 Å². The summed E-state index contributed by atoms with van der Waals surface area (Å²) in [6, 6.07) is -0.527. The first-order valence-electron chi connectivity index (χ1n) is 10.4. The van der Waals surface area contributed by atoms with Gasteiger partial charge in [-0.2, -0.15) is 0 Å².